The molecule has 0 amide bonds. The van der Waals surface area contributed by atoms with Crippen LogP contribution in [0.15, 0.2) is 0 Å². The van der Waals surface area contributed by atoms with Crippen LogP contribution in [0.25, 0.3) is 0 Å². The first-order valence-corrected chi connectivity index (χ1v) is 2.78. The maximum Gasteiger partial charge on any atom is 3.00 e. The van der Waals surface area contributed by atoms with Crippen LogP contribution in [0.4, 0.5) is 0 Å². The summed E-state index contributed by atoms with van der Waals surface area (Å²) in [7, 11) is 0. The molecule has 0 rings (SSSR count). The third-order valence-corrected chi connectivity index (χ3v) is 0. The first kappa shape index (κ1) is 22.5. The molecule has 0 saturated carbocycles. The van der Waals surface area contributed by atoms with E-state index < -0.39 is 34.0 Å². The quantitative estimate of drug-likeness (QED) is 0.435. The van der Waals surface area contributed by atoms with Crippen LogP contribution in [0.3, 0.4) is 0 Å². The summed E-state index contributed by atoms with van der Waals surface area (Å²) in [5.74, 6) is 0. The topological polar surface area (TPSA) is 138 Å². The smallest absolute Gasteiger partial charge is 0.544 e. The Morgan fingerprint density at radius 2 is 0.500 bits per heavy atom. The van der Waals surface area contributed by atoms with Crippen molar-refractivity contribution in [1.82, 2.24) is 0 Å². The molecule has 0 heterocycles. The van der Waals surface area contributed by atoms with Crippen molar-refractivity contribution < 1.29 is 61.9 Å². The average molecular weight is 317 g/mol. The van der Waals surface area contributed by atoms with Gasteiger partial charge < -0.3 is 28.0 Å². The Balaban J connectivity index is -0.0000000257. The van der Waals surface area contributed by atoms with Crippen molar-refractivity contribution in [2.75, 3.05) is 0 Å². The van der Waals surface area contributed by atoms with E-state index in [2.05, 4.69) is 0 Å². The van der Waals surface area contributed by atoms with Gasteiger partial charge in [0.1, 0.15) is 0 Å². The zero-order chi connectivity index (χ0) is 8.12. The maximum absolute atomic E-state index is 8.24. The van der Waals surface area contributed by atoms with Crippen LogP contribution in [0.1, 0.15) is 0 Å². The van der Waals surface area contributed by atoms with Crippen molar-refractivity contribution in [2.45, 2.75) is 0 Å². The van der Waals surface area contributed by atoms with E-state index in [1.54, 1.807) is 0 Å². The number of hydrogen-bond acceptors (Lipinski definition) is 6. The fourth-order valence-electron chi connectivity index (χ4n) is 0. The van der Waals surface area contributed by atoms with Crippen LogP contribution in [0, 0.1) is 34.0 Å². The van der Waals surface area contributed by atoms with Crippen LogP contribution in [-0.2, 0) is 0 Å². The predicted molar refractivity (Wildman–Crippen MR) is 5.75 cm³/mol. The van der Waals surface area contributed by atoms with Gasteiger partial charge in [-0.1, -0.05) is 0 Å². The second-order valence-corrected chi connectivity index (χ2v) is 0.567. The Bertz CT molecular complexity index is 17.7. The van der Waals surface area contributed by atoms with Crippen LogP contribution in [0.2, 0.25) is 0 Å². The number of halogens is 3. The first-order valence-electron chi connectivity index (χ1n) is 0.926. The van der Waals surface area contributed by atoms with Gasteiger partial charge in [0.25, 0.3) is 0 Å². The molecule has 0 N–H and O–H groups in total. The van der Waals surface area contributed by atoms with Gasteiger partial charge in [-0.05, 0) is 0 Å². The molecule has 0 fully saturated rings. The largest absolute Gasteiger partial charge is 3.00 e. The molecule has 0 spiro atoms. The third-order valence-electron chi connectivity index (χ3n) is 0. The minimum Gasteiger partial charge on any atom is -0.544 e. The van der Waals surface area contributed by atoms with E-state index in [-0.39, 0.29) is 25.8 Å². The maximum atomic E-state index is 8.24. The summed E-state index contributed by atoms with van der Waals surface area (Å²) in [4.78, 5) is 0. The zero-order valence-electron chi connectivity index (χ0n) is 4.16. The van der Waals surface area contributed by atoms with Gasteiger partial charge in [0.2, 0.25) is 0 Å². The molecule has 0 aliphatic heterocycles. The molecule has 0 unspecified atom stereocenters. The van der Waals surface area contributed by atoms with Gasteiger partial charge in [-0.15, -0.1) is 0 Å². The molecule has 60 valence electrons. The third kappa shape index (κ3) is 305. The SMILES string of the molecule is [In+3].[O-][Cl+][O-].[O-][Cl+][O-].[O-][Cl+][O-]. The van der Waals surface area contributed by atoms with Crippen LogP contribution < -0.4 is 28.0 Å². The van der Waals surface area contributed by atoms with E-state index >= 15 is 0 Å². The molecule has 0 atom stereocenters. The molecule has 0 saturated heterocycles. The fourth-order valence-corrected chi connectivity index (χ4v) is 0. The van der Waals surface area contributed by atoms with E-state index in [4.69, 9.17) is 28.0 Å². The predicted octanol–water partition coefficient (Wildman–Crippen LogP) is -7.51. The van der Waals surface area contributed by atoms with Gasteiger partial charge in [-0.25, -0.2) is 0 Å². The molecular formula is Cl3InO6. The molecule has 0 radical (unpaired) electrons. The molecule has 0 aliphatic rings. The molecule has 0 aromatic rings. The van der Waals surface area contributed by atoms with Crippen molar-refractivity contribution in [1.29, 1.82) is 0 Å². The minimum atomic E-state index is -0.417. The summed E-state index contributed by atoms with van der Waals surface area (Å²) in [5, 5.41) is 0. The van der Waals surface area contributed by atoms with E-state index in [1.807, 2.05) is 0 Å². The fraction of sp³-hybridized carbons (Fsp3) is 0. The van der Waals surface area contributed by atoms with Gasteiger partial charge in [-0.3, -0.25) is 0 Å². The molecule has 10 heavy (non-hydrogen) atoms. The van der Waals surface area contributed by atoms with Gasteiger partial charge in [0.05, 0.1) is 34.0 Å². The summed E-state index contributed by atoms with van der Waals surface area (Å²) in [6.07, 6.45) is 0. The summed E-state index contributed by atoms with van der Waals surface area (Å²) >= 11 is -1.25. The normalized spacial score (nSPS) is 5.40. The molecule has 6 nitrogen and oxygen atoms in total. The molecule has 10 heteroatoms. The van der Waals surface area contributed by atoms with E-state index in [0.29, 0.717) is 0 Å². The zero-order valence-corrected chi connectivity index (χ0v) is 9.72. The van der Waals surface area contributed by atoms with Gasteiger partial charge in [0.15, 0.2) is 0 Å². The van der Waals surface area contributed by atoms with Crippen LogP contribution in [-0.4, -0.2) is 25.8 Å². The van der Waals surface area contributed by atoms with Crippen molar-refractivity contribution in [3.05, 3.63) is 0 Å². The second kappa shape index (κ2) is 46.8. The van der Waals surface area contributed by atoms with Crippen molar-refractivity contribution in [2.24, 2.45) is 0 Å². The van der Waals surface area contributed by atoms with Crippen molar-refractivity contribution in [3.63, 3.8) is 0 Å². The summed E-state index contributed by atoms with van der Waals surface area (Å²) < 4.78 is 49.4. The van der Waals surface area contributed by atoms with Gasteiger partial charge >= 0.3 is 25.8 Å². The van der Waals surface area contributed by atoms with Crippen molar-refractivity contribution >= 4 is 25.8 Å². The molecule has 0 aliphatic carbocycles. The average Bonchev–Trinajstić information content (AvgIpc) is 1.70. The molecular weight excluding hydrogens is 317 g/mol. The van der Waals surface area contributed by atoms with Crippen LogP contribution in [0.5, 0.6) is 0 Å². The second-order valence-electron chi connectivity index (χ2n) is 0.189. The Morgan fingerprint density at radius 1 is 0.500 bits per heavy atom. The number of hydrogen-bond donors (Lipinski definition) is 0. The van der Waals surface area contributed by atoms with Crippen molar-refractivity contribution in [3.8, 4) is 0 Å². The van der Waals surface area contributed by atoms with E-state index in [9.17, 15) is 0 Å². The molecule has 0 bridgehead atoms. The van der Waals surface area contributed by atoms with E-state index in [0.717, 1.165) is 0 Å². The monoisotopic (exact) mass is 316 g/mol. The Kier molecular flexibility index (Phi) is 105. The van der Waals surface area contributed by atoms with Gasteiger partial charge in [-0.2, -0.15) is 0 Å². The summed E-state index contributed by atoms with van der Waals surface area (Å²) in [6, 6.07) is 0. The molecule has 0 aromatic carbocycles. The van der Waals surface area contributed by atoms with Gasteiger partial charge in [0, 0.05) is 0 Å². The summed E-state index contributed by atoms with van der Waals surface area (Å²) in [5.41, 5.74) is 0. The Labute approximate surface area is 87.5 Å². The first-order chi connectivity index (χ1) is 4.24. The van der Waals surface area contributed by atoms with E-state index in [1.165, 1.54) is 0 Å². The minimum absolute atomic E-state index is 0. The Hall–Kier alpha value is 1.50. The Morgan fingerprint density at radius 3 is 0.500 bits per heavy atom. The molecule has 0 aromatic heterocycles. The standard InChI is InChI=1S/3ClO2.In/c3*2-1-3;/q3*-1;+3. The summed E-state index contributed by atoms with van der Waals surface area (Å²) in [6.45, 7) is 0. The number of rotatable bonds is 0. The van der Waals surface area contributed by atoms with Crippen LogP contribution >= 0.6 is 0 Å².